The van der Waals surface area contributed by atoms with Gasteiger partial charge >= 0.3 is 0 Å². The van der Waals surface area contributed by atoms with Gasteiger partial charge in [0.05, 0.1) is 18.7 Å². The standard InChI is InChI=1S/C32H46N2O3/c1-3-4-5-6-7-8-9-10-13-20-37-28-17-19-32(36)27(22-28)24-34-30-15-12-11-14-29(30)33-23-26-21-25(2)16-18-31(26)35/h16-19,21-24,29-30,35-36H,3-15,20H2,1-2H3/t29-,30-/m1/s1. The SMILES string of the molecule is CCCCCCCCCCCOc1ccc(O)c(C=N[C@@H]2CCCC[C@H]2N=Cc2cc(C)ccc2O)c1. The number of unbranched alkanes of at least 4 members (excludes halogenated alkanes) is 8. The summed E-state index contributed by atoms with van der Waals surface area (Å²) in [4.78, 5) is 9.62. The maximum absolute atomic E-state index is 10.4. The molecule has 3 rings (SSSR count). The fourth-order valence-corrected chi connectivity index (χ4v) is 4.90. The Morgan fingerprint density at radius 3 is 1.92 bits per heavy atom. The number of phenolic OH excluding ortho intramolecular Hbond substituents is 2. The van der Waals surface area contributed by atoms with E-state index in [1.54, 1.807) is 24.6 Å². The van der Waals surface area contributed by atoms with Crippen molar-refractivity contribution < 1.29 is 14.9 Å². The van der Waals surface area contributed by atoms with Gasteiger partial charge in [0.25, 0.3) is 0 Å². The van der Waals surface area contributed by atoms with Gasteiger partial charge in [0.2, 0.25) is 0 Å². The number of hydrogen-bond acceptors (Lipinski definition) is 5. The van der Waals surface area contributed by atoms with Gasteiger partial charge in [-0.1, -0.05) is 82.8 Å². The fourth-order valence-electron chi connectivity index (χ4n) is 4.90. The van der Waals surface area contributed by atoms with Gasteiger partial charge in [-0.25, -0.2) is 0 Å². The maximum atomic E-state index is 10.4. The van der Waals surface area contributed by atoms with Crippen LogP contribution in [0, 0.1) is 6.92 Å². The molecule has 37 heavy (non-hydrogen) atoms. The lowest BCUT2D eigenvalue weighted by Gasteiger charge is -2.25. The minimum atomic E-state index is 0.0582. The highest BCUT2D eigenvalue weighted by Crippen LogP contribution is 2.27. The fraction of sp³-hybridized carbons (Fsp3) is 0.562. The van der Waals surface area contributed by atoms with E-state index in [2.05, 4.69) is 6.92 Å². The Labute approximate surface area is 223 Å². The normalized spacial score (nSPS) is 18.1. The molecule has 2 atom stereocenters. The molecule has 0 aliphatic heterocycles. The van der Waals surface area contributed by atoms with Crippen molar-refractivity contribution in [3.8, 4) is 17.2 Å². The van der Waals surface area contributed by atoms with E-state index in [-0.39, 0.29) is 23.6 Å². The van der Waals surface area contributed by atoms with Crippen LogP contribution >= 0.6 is 0 Å². The zero-order chi connectivity index (χ0) is 26.3. The summed E-state index contributed by atoms with van der Waals surface area (Å²) in [6.07, 6.45) is 19.3. The number of rotatable bonds is 15. The number of aliphatic imine (C=N–C) groups is 2. The molecule has 0 aromatic heterocycles. The van der Waals surface area contributed by atoms with Crippen molar-refractivity contribution in [2.24, 2.45) is 9.98 Å². The molecule has 5 nitrogen and oxygen atoms in total. The lowest BCUT2D eigenvalue weighted by molar-refractivity contribution is 0.303. The predicted octanol–water partition coefficient (Wildman–Crippen LogP) is 8.17. The van der Waals surface area contributed by atoms with Gasteiger partial charge in [0.1, 0.15) is 17.2 Å². The van der Waals surface area contributed by atoms with Crippen molar-refractivity contribution in [1.29, 1.82) is 0 Å². The van der Waals surface area contributed by atoms with Crippen LogP contribution in [0.5, 0.6) is 17.2 Å². The third-order valence-corrected chi connectivity index (χ3v) is 7.20. The van der Waals surface area contributed by atoms with Gasteiger partial charge in [-0.15, -0.1) is 0 Å². The Kier molecular flexibility index (Phi) is 12.5. The van der Waals surface area contributed by atoms with Crippen molar-refractivity contribution in [2.45, 2.75) is 109 Å². The van der Waals surface area contributed by atoms with Gasteiger partial charge in [0, 0.05) is 23.6 Å². The Morgan fingerprint density at radius 2 is 1.30 bits per heavy atom. The zero-order valence-electron chi connectivity index (χ0n) is 22.9. The van der Waals surface area contributed by atoms with Gasteiger partial charge in [-0.2, -0.15) is 0 Å². The number of nitrogens with zero attached hydrogens (tertiary/aromatic N) is 2. The summed E-state index contributed by atoms with van der Waals surface area (Å²) < 4.78 is 5.96. The summed E-state index contributed by atoms with van der Waals surface area (Å²) in [5, 5.41) is 20.5. The molecule has 1 fully saturated rings. The summed E-state index contributed by atoms with van der Waals surface area (Å²) in [6.45, 7) is 4.96. The molecule has 0 unspecified atom stereocenters. The number of aryl methyl sites for hydroxylation is 1. The van der Waals surface area contributed by atoms with Crippen LogP contribution in [0.25, 0.3) is 0 Å². The summed E-state index contributed by atoms with van der Waals surface area (Å²) in [5.41, 5.74) is 2.50. The first-order valence-electron chi connectivity index (χ1n) is 14.4. The molecule has 1 aliphatic carbocycles. The first-order chi connectivity index (χ1) is 18.1. The Morgan fingerprint density at radius 1 is 0.757 bits per heavy atom. The minimum absolute atomic E-state index is 0.0582. The first-order valence-corrected chi connectivity index (χ1v) is 14.4. The molecule has 2 aromatic carbocycles. The molecule has 0 saturated heterocycles. The third kappa shape index (κ3) is 10.2. The van der Waals surface area contributed by atoms with E-state index in [0.717, 1.165) is 49.0 Å². The molecule has 2 aromatic rings. The van der Waals surface area contributed by atoms with Crippen LogP contribution < -0.4 is 4.74 Å². The lowest BCUT2D eigenvalue weighted by atomic mass is 9.91. The Balaban J connectivity index is 1.49. The van der Waals surface area contributed by atoms with Crippen LogP contribution in [0.4, 0.5) is 0 Å². The molecule has 2 N–H and O–H groups in total. The van der Waals surface area contributed by atoms with Crippen molar-refractivity contribution in [2.75, 3.05) is 6.61 Å². The highest BCUT2D eigenvalue weighted by Gasteiger charge is 2.23. The molecular formula is C32H46N2O3. The molecule has 0 bridgehead atoms. The maximum Gasteiger partial charge on any atom is 0.124 e. The van der Waals surface area contributed by atoms with Crippen molar-refractivity contribution >= 4 is 12.4 Å². The molecular weight excluding hydrogens is 460 g/mol. The van der Waals surface area contributed by atoms with Crippen LogP contribution in [0.3, 0.4) is 0 Å². The molecule has 1 aliphatic rings. The Bertz CT molecular complexity index is 1000. The van der Waals surface area contributed by atoms with Gasteiger partial charge < -0.3 is 14.9 Å². The monoisotopic (exact) mass is 506 g/mol. The smallest absolute Gasteiger partial charge is 0.124 e. The number of ether oxygens (including phenoxy) is 1. The first kappa shape index (κ1) is 28.7. The minimum Gasteiger partial charge on any atom is -0.507 e. The molecule has 0 radical (unpaired) electrons. The van der Waals surface area contributed by atoms with Crippen molar-refractivity contribution in [3.63, 3.8) is 0 Å². The molecule has 0 amide bonds. The topological polar surface area (TPSA) is 74.4 Å². The van der Waals surface area contributed by atoms with E-state index in [1.165, 1.54) is 51.4 Å². The van der Waals surface area contributed by atoms with Crippen molar-refractivity contribution in [3.05, 3.63) is 53.1 Å². The number of aromatic hydroxyl groups is 2. The number of benzene rings is 2. The van der Waals surface area contributed by atoms with Gasteiger partial charge in [0.15, 0.2) is 0 Å². The highest BCUT2D eigenvalue weighted by atomic mass is 16.5. The van der Waals surface area contributed by atoms with E-state index in [4.69, 9.17) is 14.7 Å². The highest BCUT2D eigenvalue weighted by molar-refractivity contribution is 5.85. The van der Waals surface area contributed by atoms with E-state index in [0.29, 0.717) is 12.2 Å². The molecule has 1 saturated carbocycles. The summed E-state index contributed by atoms with van der Waals surface area (Å²) in [7, 11) is 0. The number of hydrogen-bond donors (Lipinski definition) is 2. The second-order valence-electron chi connectivity index (χ2n) is 10.4. The van der Waals surface area contributed by atoms with Crippen LogP contribution in [0.15, 0.2) is 46.4 Å². The molecule has 0 heterocycles. The third-order valence-electron chi connectivity index (χ3n) is 7.20. The quantitative estimate of drug-likeness (QED) is 0.189. The van der Waals surface area contributed by atoms with Crippen LogP contribution in [-0.2, 0) is 0 Å². The van der Waals surface area contributed by atoms with Crippen LogP contribution in [-0.4, -0.2) is 41.3 Å². The van der Waals surface area contributed by atoms with E-state index < -0.39 is 0 Å². The predicted molar refractivity (Wildman–Crippen MR) is 155 cm³/mol. The van der Waals surface area contributed by atoms with Crippen molar-refractivity contribution in [1.82, 2.24) is 0 Å². The molecule has 202 valence electrons. The summed E-state index contributed by atoms with van der Waals surface area (Å²) >= 11 is 0. The van der Waals surface area contributed by atoms with Crippen LogP contribution in [0.1, 0.15) is 107 Å². The Hall–Kier alpha value is -2.82. The average molecular weight is 507 g/mol. The van der Waals surface area contributed by atoms with E-state index in [1.807, 2.05) is 31.2 Å². The molecule has 5 heteroatoms. The van der Waals surface area contributed by atoms with Gasteiger partial charge in [-0.3, -0.25) is 9.98 Å². The summed E-state index contributed by atoms with van der Waals surface area (Å²) in [6, 6.07) is 11.0. The second-order valence-corrected chi connectivity index (χ2v) is 10.4. The van der Waals surface area contributed by atoms with Crippen LogP contribution in [0.2, 0.25) is 0 Å². The lowest BCUT2D eigenvalue weighted by Crippen LogP contribution is -2.27. The van der Waals surface area contributed by atoms with E-state index in [9.17, 15) is 10.2 Å². The largest absolute Gasteiger partial charge is 0.507 e. The average Bonchev–Trinajstić information content (AvgIpc) is 2.91. The second kappa shape index (κ2) is 16.1. The summed E-state index contributed by atoms with van der Waals surface area (Å²) in [5.74, 6) is 1.22. The van der Waals surface area contributed by atoms with Gasteiger partial charge in [-0.05, 0) is 56.5 Å². The zero-order valence-corrected chi connectivity index (χ0v) is 22.9. The van der Waals surface area contributed by atoms with E-state index >= 15 is 0 Å². The number of phenols is 2. The molecule has 0 spiro atoms.